The fraction of sp³-hybridized carbons (Fsp3) is 0.407. The first-order valence-electron chi connectivity index (χ1n) is 12.1. The first-order chi connectivity index (χ1) is 16.8. The molecule has 2 heterocycles. The Morgan fingerprint density at radius 1 is 1.09 bits per heavy atom. The molecule has 1 aliphatic carbocycles. The quantitative estimate of drug-likeness (QED) is 0.254. The van der Waals surface area contributed by atoms with Gasteiger partial charge in [0, 0.05) is 23.5 Å². The number of esters is 1. The highest BCUT2D eigenvalue weighted by atomic mass is 16.5. The molecule has 2 aromatic rings. The molecule has 1 fully saturated rings. The van der Waals surface area contributed by atoms with E-state index < -0.39 is 12.0 Å². The molecule has 0 bridgehead atoms. The van der Waals surface area contributed by atoms with Gasteiger partial charge < -0.3 is 14.6 Å². The van der Waals surface area contributed by atoms with E-state index in [-0.39, 0.29) is 31.4 Å². The van der Waals surface area contributed by atoms with Gasteiger partial charge in [0.05, 0.1) is 18.7 Å². The van der Waals surface area contributed by atoms with E-state index in [4.69, 9.17) is 4.74 Å². The van der Waals surface area contributed by atoms with Crippen LogP contribution in [0.2, 0.25) is 0 Å². The van der Waals surface area contributed by atoms with Gasteiger partial charge in [0.25, 0.3) is 0 Å². The minimum atomic E-state index is -0.599. The minimum absolute atomic E-state index is 0.00224. The number of imide groups is 1. The molecule has 1 aliphatic heterocycles. The van der Waals surface area contributed by atoms with Crippen molar-refractivity contribution in [2.24, 2.45) is 0 Å². The van der Waals surface area contributed by atoms with E-state index in [0.717, 1.165) is 42.1 Å². The van der Waals surface area contributed by atoms with E-state index in [2.05, 4.69) is 16.0 Å². The van der Waals surface area contributed by atoms with Crippen LogP contribution in [-0.2, 0) is 22.6 Å². The highest BCUT2D eigenvalue weighted by molar-refractivity contribution is 6.02. The Balaban J connectivity index is 1.31. The lowest BCUT2D eigenvalue weighted by atomic mass is 9.97. The third kappa shape index (κ3) is 5.70. The van der Waals surface area contributed by atoms with E-state index >= 15 is 0 Å². The van der Waals surface area contributed by atoms with Crippen LogP contribution in [0.4, 0.5) is 4.79 Å². The zero-order valence-electron chi connectivity index (χ0n) is 20.3. The van der Waals surface area contributed by atoms with E-state index in [0.29, 0.717) is 16.7 Å². The number of hydrogen-bond acceptors (Lipinski definition) is 5. The SMILES string of the molecule is Cc1cc(C(=O)COC(=O)c2ccc(CN3C(=O)CNC3=O)cc2)c(C)n1CCC1=CCCCC1. The van der Waals surface area contributed by atoms with Gasteiger partial charge >= 0.3 is 12.0 Å². The number of ether oxygens (including phenoxy) is 1. The largest absolute Gasteiger partial charge is 0.454 e. The van der Waals surface area contributed by atoms with Crippen LogP contribution in [0.1, 0.15) is 69.8 Å². The van der Waals surface area contributed by atoms with Crippen molar-refractivity contribution in [2.45, 2.75) is 59.0 Å². The van der Waals surface area contributed by atoms with Crippen LogP contribution in [0.3, 0.4) is 0 Å². The molecule has 0 radical (unpaired) electrons. The summed E-state index contributed by atoms with van der Waals surface area (Å²) < 4.78 is 7.44. The normalized spacial score (nSPS) is 15.7. The number of amides is 3. The lowest BCUT2D eigenvalue weighted by molar-refractivity contribution is -0.125. The standard InChI is InChI=1S/C27H31N3O5/c1-18-14-23(19(2)29(18)13-12-20-6-4-3-5-7-20)24(31)17-35-26(33)22-10-8-21(9-11-22)16-30-25(32)15-28-27(30)34/h6,8-11,14H,3-5,7,12-13,15-17H2,1-2H3,(H,28,34). The predicted octanol–water partition coefficient (Wildman–Crippen LogP) is 4.09. The van der Waals surface area contributed by atoms with Gasteiger partial charge in [0.15, 0.2) is 6.61 Å². The highest BCUT2D eigenvalue weighted by Crippen LogP contribution is 2.23. The van der Waals surface area contributed by atoms with Gasteiger partial charge in [-0.2, -0.15) is 0 Å². The average Bonchev–Trinajstić information content (AvgIpc) is 3.34. The van der Waals surface area contributed by atoms with Crippen molar-refractivity contribution in [1.82, 2.24) is 14.8 Å². The number of carbonyl (C=O) groups excluding carboxylic acids is 4. The molecule has 1 aromatic carbocycles. The Morgan fingerprint density at radius 3 is 2.51 bits per heavy atom. The molecule has 1 aromatic heterocycles. The maximum absolute atomic E-state index is 12.8. The summed E-state index contributed by atoms with van der Waals surface area (Å²) in [6.45, 7) is 4.56. The molecule has 0 saturated carbocycles. The molecule has 0 unspecified atom stereocenters. The van der Waals surface area contributed by atoms with Crippen LogP contribution in [0.25, 0.3) is 0 Å². The highest BCUT2D eigenvalue weighted by Gasteiger charge is 2.28. The number of rotatable bonds is 9. The molecule has 184 valence electrons. The van der Waals surface area contributed by atoms with E-state index in [1.807, 2.05) is 19.9 Å². The average molecular weight is 478 g/mol. The fourth-order valence-corrected chi connectivity index (χ4v) is 4.65. The van der Waals surface area contributed by atoms with Crippen molar-refractivity contribution >= 4 is 23.7 Å². The Bertz CT molecular complexity index is 1160. The third-order valence-electron chi connectivity index (χ3n) is 6.72. The van der Waals surface area contributed by atoms with Gasteiger partial charge in [0.2, 0.25) is 11.7 Å². The number of allylic oxidation sites excluding steroid dienone is 2. The van der Waals surface area contributed by atoms with Gasteiger partial charge in [-0.3, -0.25) is 14.5 Å². The van der Waals surface area contributed by atoms with Crippen LogP contribution in [-0.4, -0.2) is 46.3 Å². The Hall–Kier alpha value is -3.68. The fourth-order valence-electron chi connectivity index (χ4n) is 4.65. The lowest BCUT2D eigenvalue weighted by Gasteiger charge is -2.15. The lowest BCUT2D eigenvalue weighted by Crippen LogP contribution is -2.30. The number of aromatic nitrogens is 1. The summed E-state index contributed by atoms with van der Waals surface area (Å²) in [4.78, 5) is 49.8. The Morgan fingerprint density at radius 2 is 1.86 bits per heavy atom. The van der Waals surface area contributed by atoms with Crippen LogP contribution in [0, 0.1) is 13.8 Å². The van der Waals surface area contributed by atoms with Gasteiger partial charge in [-0.1, -0.05) is 23.8 Å². The maximum Gasteiger partial charge on any atom is 0.338 e. The molecule has 8 nitrogen and oxygen atoms in total. The van der Waals surface area contributed by atoms with E-state index in [9.17, 15) is 19.2 Å². The molecule has 1 N–H and O–H groups in total. The number of nitrogens with one attached hydrogen (secondary N) is 1. The number of ketones is 1. The molecular formula is C27H31N3O5. The van der Waals surface area contributed by atoms with Crippen LogP contribution < -0.4 is 5.32 Å². The van der Waals surface area contributed by atoms with E-state index in [1.54, 1.807) is 24.3 Å². The first kappa shape index (κ1) is 24.4. The van der Waals surface area contributed by atoms with Crippen molar-refractivity contribution in [2.75, 3.05) is 13.2 Å². The number of benzene rings is 1. The third-order valence-corrected chi connectivity index (χ3v) is 6.72. The van der Waals surface area contributed by atoms with Crippen LogP contribution in [0.5, 0.6) is 0 Å². The van der Waals surface area contributed by atoms with Crippen LogP contribution >= 0.6 is 0 Å². The number of hydrogen-bond donors (Lipinski definition) is 1. The van der Waals surface area contributed by atoms with Crippen LogP contribution in [0.15, 0.2) is 42.0 Å². The summed E-state index contributed by atoms with van der Waals surface area (Å²) in [5.41, 5.74) is 4.99. The zero-order chi connectivity index (χ0) is 24.9. The van der Waals surface area contributed by atoms with Gasteiger partial charge in [-0.15, -0.1) is 0 Å². The summed E-state index contributed by atoms with van der Waals surface area (Å²) in [5.74, 6) is -1.12. The summed E-state index contributed by atoms with van der Waals surface area (Å²) >= 11 is 0. The molecule has 0 spiro atoms. The number of urea groups is 1. The monoisotopic (exact) mass is 477 g/mol. The van der Waals surface area contributed by atoms with Gasteiger partial charge in [-0.25, -0.2) is 9.59 Å². The molecule has 4 rings (SSSR count). The Kier molecular flexibility index (Phi) is 7.48. The first-order valence-corrected chi connectivity index (χ1v) is 12.1. The predicted molar refractivity (Wildman–Crippen MR) is 130 cm³/mol. The van der Waals surface area contributed by atoms with E-state index in [1.165, 1.54) is 18.4 Å². The smallest absolute Gasteiger partial charge is 0.338 e. The summed E-state index contributed by atoms with van der Waals surface area (Å²) in [6.07, 6.45) is 8.18. The zero-order valence-corrected chi connectivity index (χ0v) is 20.3. The van der Waals surface area contributed by atoms with Crippen molar-refractivity contribution in [1.29, 1.82) is 0 Å². The van der Waals surface area contributed by atoms with Crippen molar-refractivity contribution in [3.8, 4) is 0 Å². The second-order valence-corrected chi connectivity index (χ2v) is 9.13. The Labute approximate surface area is 204 Å². The van der Waals surface area contributed by atoms with Crippen molar-refractivity contribution < 1.29 is 23.9 Å². The number of carbonyl (C=O) groups is 4. The number of aryl methyl sites for hydroxylation is 1. The molecule has 2 aliphatic rings. The van der Waals surface area contributed by atoms with Gasteiger partial charge in [0.1, 0.15) is 0 Å². The molecule has 35 heavy (non-hydrogen) atoms. The summed E-state index contributed by atoms with van der Waals surface area (Å²) in [7, 11) is 0. The number of Topliss-reactive ketones (excluding diaryl/α,β-unsaturated/α-hetero) is 1. The van der Waals surface area contributed by atoms with Gasteiger partial charge in [-0.05, 0) is 69.7 Å². The molecule has 0 atom stereocenters. The molecule has 1 saturated heterocycles. The second kappa shape index (κ2) is 10.7. The van der Waals surface area contributed by atoms with Crippen molar-refractivity contribution in [3.63, 3.8) is 0 Å². The molecule has 3 amide bonds. The maximum atomic E-state index is 12.8. The number of nitrogens with zero attached hydrogens (tertiary/aromatic N) is 2. The summed E-state index contributed by atoms with van der Waals surface area (Å²) in [6, 6.07) is 7.88. The van der Waals surface area contributed by atoms with Crippen molar-refractivity contribution in [3.05, 3.63) is 70.1 Å². The molecule has 8 heteroatoms. The minimum Gasteiger partial charge on any atom is -0.454 e. The second-order valence-electron chi connectivity index (χ2n) is 9.13. The summed E-state index contributed by atoms with van der Waals surface area (Å²) in [5, 5.41) is 2.47. The topological polar surface area (TPSA) is 97.7 Å². The molecular weight excluding hydrogens is 446 g/mol.